The maximum atomic E-state index is 9.34. The minimum absolute atomic E-state index is 0.120. The van der Waals surface area contributed by atoms with Gasteiger partial charge in [-0.05, 0) is 7.05 Å². The van der Waals surface area contributed by atoms with Crippen LogP contribution in [0.2, 0.25) is 0 Å². The average molecular weight is 160 g/mol. The van der Waals surface area contributed by atoms with Crippen molar-refractivity contribution in [3.63, 3.8) is 0 Å². The molecular formula is C7H16N2O2. The minimum atomic E-state index is -0.401. The Bertz CT molecular complexity index is 121. The molecule has 0 aromatic rings. The Morgan fingerprint density at radius 2 is 2.45 bits per heavy atom. The van der Waals surface area contributed by atoms with Crippen LogP contribution in [-0.2, 0) is 4.74 Å². The van der Waals surface area contributed by atoms with Crippen LogP contribution in [0.5, 0.6) is 0 Å². The first-order valence-corrected chi connectivity index (χ1v) is 3.94. The molecule has 66 valence electrons. The second-order valence-corrected chi connectivity index (χ2v) is 2.98. The monoisotopic (exact) mass is 160 g/mol. The molecule has 1 rings (SSSR count). The van der Waals surface area contributed by atoms with Crippen molar-refractivity contribution in [1.82, 2.24) is 5.32 Å². The van der Waals surface area contributed by atoms with Gasteiger partial charge in [0.05, 0.1) is 24.9 Å². The third-order valence-electron chi connectivity index (χ3n) is 1.95. The molecule has 1 saturated heterocycles. The van der Waals surface area contributed by atoms with E-state index in [9.17, 15) is 5.11 Å². The molecule has 1 aliphatic heterocycles. The highest BCUT2D eigenvalue weighted by Gasteiger charge is 2.26. The lowest BCUT2D eigenvalue weighted by molar-refractivity contribution is -0.0544. The van der Waals surface area contributed by atoms with E-state index in [0.717, 1.165) is 6.54 Å². The van der Waals surface area contributed by atoms with E-state index < -0.39 is 6.10 Å². The molecule has 0 bridgehead atoms. The van der Waals surface area contributed by atoms with Gasteiger partial charge in [-0.2, -0.15) is 0 Å². The highest BCUT2D eigenvalue weighted by Crippen LogP contribution is 2.11. The van der Waals surface area contributed by atoms with E-state index in [0.29, 0.717) is 13.0 Å². The SMILES string of the molecule is CNC[C@@H]1C[C@@H](O)[C@@H](N)CO1. The van der Waals surface area contributed by atoms with Crippen molar-refractivity contribution in [2.75, 3.05) is 20.2 Å². The molecule has 1 fully saturated rings. The molecule has 0 radical (unpaired) electrons. The molecule has 4 N–H and O–H groups in total. The van der Waals surface area contributed by atoms with E-state index in [1.807, 2.05) is 7.05 Å². The largest absolute Gasteiger partial charge is 0.391 e. The number of aliphatic hydroxyl groups is 1. The van der Waals surface area contributed by atoms with E-state index in [1.165, 1.54) is 0 Å². The lowest BCUT2D eigenvalue weighted by Crippen LogP contribution is -2.48. The predicted molar refractivity (Wildman–Crippen MR) is 42.3 cm³/mol. The molecule has 1 heterocycles. The molecule has 4 heteroatoms. The fourth-order valence-electron chi connectivity index (χ4n) is 1.24. The lowest BCUT2D eigenvalue weighted by Gasteiger charge is -2.30. The molecule has 4 nitrogen and oxygen atoms in total. The van der Waals surface area contributed by atoms with Gasteiger partial charge in [-0.25, -0.2) is 0 Å². The molecule has 3 atom stereocenters. The van der Waals surface area contributed by atoms with E-state index in [2.05, 4.69) is 5.32 Å². The summed E-state index contributed by atoms with van der Waals surface area (Å²) in [4.78, 5) is 0. The number of likely N-dealkylation sites (N-methyl/N-ethyl adjacent to an activating group) is 1. The zero-order chi connectivity index (χ0) is 8.27. The third kappa shape index (κ3) is 2.41. The summed E-state index contributed by atoms with van der Waals surface area (Å²) in [5.74, 6) is 0. The van der Waals surface area contributed by atoms with Gasteiger partial charge in [0.1, 0.15) is 0 Å². The number of nitrogens with two attached hydrogens (primary N) is 1. The Morgan fingerprint density at radius 3 is 3.00 bits per heavy atom. The topological polar surface area (TPSA) is 67.5 Å². The van der Waals surface area contributed by atoms with Crippen molar-refractivity contribution in [3.05, 3.63) is 0 Å². The summed E-state index contributed by atoms with van der Waals surface area (Å²) in [7, 11) is 1.87. The van der Waals surface area contributed by atoms with Crippen molar-refractivity contribution < 1.29 is 9.84 Å². The molecule has 0 aromatic carbocycles. The van der Waals surface area contributed by atoms with Crippen molar-refractivity contribution >= 4 is 0 Å². The summed E-state index contributed by atoms with van der Waals surface area (Å²) < 4.78 is 5.35. The first-order chi connectivity index (χ1) is 5.24. The Morgan fingerprint density at radius 1 is 1.73 bits per heavy atom. The normalized spacial score (nSPS) is 39.0. The molecule has 11 heavy (non-hydrogen) atoms. The first kappa shape index (κ1) is 8.93. The quantitative estimate of drug-likeness (QED) is 0.469. The van der Waals surface area contributed by atoms with Crippen molar-refractivity contribution in [2.45, 2.75) is 24.7 Å². The van der Waals surface area contributed by atoms with Crippen LogP contribution < -0.4 is 11.1 Å². The molecule has 1 aliphatic rings. The summed E-state index contributed by atoms with van der Waals surface area (Å²) in [5, 5.41) is 12.3. The van der Waals surface area contributed by atoms with Gasteiger partial charge >= 0.3 is 0 Å². The maximum Gasteiger partial charge on any atom is 0.0738 e. The number of hydrogen-bond acceptors (Lipinski definition) is 4. The maximum absolute atomic E-state index is 9.34. The van der Waals surface area contributed by atoms with Crippen molar-refractivity contribution in [2.24, 2.45) is 5.73 Å². The van der Waals surface area contributed by atoms with Crippen LogP contribution in [0.3, 0.4) is 0 Å². The van der Waals surface area contributed by atoms with Crippen LogP contribution in [0.25, 0.3) is 0 Å². The van der Waals surface area contributed by atoms with E-state index in [-0.39, 0.29) is 12.1 Å². The highest BCUT2D eigenvalue weighted by atomic mass is 16.5. The first-order valence-electron chi connectivity index (χ1n) is 3.94. The fraction of sp³-hybridized carbons (Fsp3) is 1.00. The van der Waals surface area contributed by atoms with Gasteiger partial charge in [0, 0.05) is 13.0 Å². The molecule has 0 unspecified atom stereocenters. The van der Waals surface area contributed by atoms with Crippen LogP contribution in [0.4, 0.5) is 0 Å². The van der Waals surface area contributed by atoms with E-state index in [1.54, 1.807) is 0 Å². The van der Waals surface area contributed by atoms with Gasteiger partial charge in [0.15, 0.2) is 0 Å². The number of nitrogens with one attached hydrogen (secondary N) is 1. The van der Waals surface area contributed by atoms with Crippen LogP contribution in [0.1, 0.15) is 6.42 Å². The molecule has 0 saturated carbocycles. The van der Waals surface area contributed by atoms with E-state index >= 15 is 0 Å². The number of ether oxygens (including phenoxy) is 1. The van der Waals surface area contributed by atoms with Gasteiger partial charge < -0.3 is 20.9 Å². The zero-order valence-corrected chi connectivity index (χ0v) is 6.79. The van der Waals surface area contributed by atoms with Crippen molar-refractivity contribution in [3.8, 4) is 0 Å². The predicted octanol–water partition coefficient (Wildman–Crippen LogP) is -1.32. The minimum Gasteiger partial charge on any atom is -0.391 e. The number of hydrogen-bond donors (Lipinski definition) is 3. The van der Waals surface area contributed by atoms with Crippen molar-refractivity contribution in [1.29, 1.82) is 0 Å². The van der Waals surface area contributed by atoms with Gasteiger partial charge in [0.2, 0.25) is 0 Å². The Kier molecular flexibility index (Phi) is 3.26. The van der Waals surface area contributed by atoms with Gasteiger partial charge in [-0.3, -0.25) is 0 Å². The third-order valence-corrected chi connectivity index (χ3v) is 1.95. The molecule has 0 aliphatic carbocycles. The second-order valence-electron chi connectivity index (χ2n) is 2.98. The standard InChI is InChI=1S/C7H16N2O2/c1-9-3-5-2-7(10)6(8)4-11-5/h5-7,9-10H,2-4,8H2,1H3/t5-,6-,7+/m0/s1. The number of rotatable bonds is 2. The van der Waals surface area contributed by atoms with Crippen LogP contribution in [0.15, 0.2) is 0 Å². The fourth-order valence-corrected chi connectivity index (χ4v) is 1.24. The molecule has 0 amide bonds. The summed E-state index contributed by atoms with van der Waals surface area (Å²) in [6, 6.07) is -0.205. The highest BCUT2D eigenvalue weighted by molar-refractivity contribution is 4.81. The number of aliphatic hydroxyl groups excluding tert-OH is 1. The second kappa shape index (κ2) is 4.01. The Balaban J connectivity index is 2.28. The van der Waals surface area contributed by atoms with Gasteiger partial charge in [0.25, 0.3) is 0 Å². The average Bonchev–Trinajstić information content (AvgIpc) is 1.98. The Labute approximate surface area is 66.7 Å². The summed E-state index contributed by atoms with van der Waals surface area (Å²) in [6.07, 6.45) is 0.360. The van der Waals surface area contributed by atoms with Crippen LogP contribution in [-0.4, -0.2) is 43.6 Å². The molecule has 0 spiro atoms. The lowest BCUT2D eigenvalue weighted by atomic mass is 10.0. The van der Waals surface area contributed by atoms with Gasteiger partial charge in [-0.1, -0.05) is 0 Å². The molecule has 0 aromatic heterocycles. The zero-order valence-electron chi connectivity index (χ0n) is 6.79. The van der Waals surface area contributed by atoms with Crippen LogP contribution >= 0.6 is 0 Å². The van der Waals surface area contributed by atoms with Crippen LogP contribution in [0, 0.1) is 0 Å². The Hall–Kier alpha value is -0.160. The summed E-state index contributed by atoms with van der Waals surface area (Å²) in [5.41, 5.74) is 5.54. The smallest absolute Gasteiger partial charge is 0.0738 e. The summed E-state index contributed by atoms with van der Waals surface area (Å²) in [6.45, 7) is 1.25. The van der Waals surface area contributed by atoms with Gasteiger partial charge in [-0.15, -0.1) is 0 Å². The van der Waals surface area contributed by atoms with E-state index in [4.69, 9.17) is 10.5 Å². The molecular weight excluding hydrogens is 144 g/mol. The summed E-state index contributed by atoms with van der Waals surface area (Å²) >= 11 is 0.